The van der Waals surface area contributed by atoms with Gasteiger partial charge in [-0.15, -0.1) is 0 Å². The number of halogens is 2. The molecule has 11 heteroatoms. The van der Waals surface area contributed by atoms with Gasteiger partial charge in [0, 0.05) is 61.5 Å². The standard InChI is InChI=1S/C28H30ClFN4O4S/c1-20-27(26(38-31-20)10-9-21-5-2-3-8-25(21)30)39(36,37)34-13-11-22(12-14-34)28(35)33-17-15-32(16-18-33)24-7-4-6-23(29)19-24/h2-10,19,22H,11-18H2,1H3/b10-9+. The maximum absolute atomic E-state index is 14.0. The number of rotatable bonds is 6. The zero-order valence-corrected chi connectivity index (χ0v) is 23.2. The molecule has 0 atom stereocenters. The Morgan fingerprint density at radius 1 is 1.03 bits per heavy atom. The number of sulfonamides is 1. The fourth-order valence-electron chi connectivity index (χ4n) is 5.16. The number of aromatic nitrogens is 1. The van der Waals surface area contributed by atoms with Gasteiger partial charge in [0.05, 0.1) is 0 Å². The van der Waals surface area contributed by atoms with Crippen molar-refractivity contribution < 1.29 is 22.1 Å². The lowest BCUT2D eigenvalue weighted by atomic mass is 9.96. The van der Waals surface area contributed by atoms with Crippen LogP contribution in [0.15, 0.2) is 57.9 Å². The minimum atomic E-state index is -3.92. The molecule has 0 unspecified atom stereocenters. The topological polar surface area (TPSA) is 87.0 Å². The normalized spacial score (nSPS) is 17.7. The summed E-state index contributed by atoms with van der Waals surface area (Å²) in [6, 6.07) is 13.9. The van der Waals surface area contributed by atoms with Crippen LogP contribution < -0.4 is 4.90 Å². The minimum absolute atomic E-state index is 0.0306. The molecule has 39 heavy (non-hydrogen) atoms. The van der Waals surface area contributed by atoms with E-state index in [1.54, 1.807) is 25.1 Å². The maximum atomic E-state index is 14.0. The van der Waals surface area contributed by atoms with Crippen LogP contribution >= 0.6 is 11.6 Å². The highest BCUT2D eigenvalue weighted by atomic mass is 35.5. The lowest BCUT2D eigenvalue weighted by Crippen LogP contribution is -2.52. The van der Waals surface area contributed by atoms with Crippen molar-refractivity contribution >= 4 is 45.4 Å². The van der Waals surface area contributed by atoms with Crippen LogP contribution in [0.2, 0.25) is 5.02 Å². The van der Waals surface area contributed by atoms with E-state index in [9.17, 15) is 17.6 Å². The van der Waals surface area contributed by atoms with Crippen LogP contribution in [0.1, 0.15) is 29.9 Å². The number of amides is 1. The van der Waals surface area contributed by atoms with E-state index in [1.165, 1.54) is 22.5 Å². The Morgan fingerprint density at radius 3 is 2.44 bits per heavy atom. The van der Waals surface area contributed by atoms with Gasteiger partial charge < -0.3 is 14.3 Å². The predicted octanol–water partition coefficient (Wildman–Crippen LogP) is 4.70. The van der Waals surface area contributed by atoms with Crippen LogP contribution in [0.3, 0.4) is 0 Å². The van der Waals surface area contributed by atoms with Crippen molar-refractivity contribution in [2.45, 2.75) is 24.7 Å². The molecule has 0 N–H and O–H groups in total. The van der Waals surface area contributed by atoms with E-state index in [0.717, 1.165) is 18.8 Å². The van der Waals surface area contributed by atoms with E-state index in [4.69, 9.17) is 16.1 Å². The molecule has 0 radical (unpaired) electrons. The van der Waals surface area contributed by atoms with Gasteiger partial charge in [0.2, 0.25) is 15.9 Å². The van der Waals surface area contributed by atoms with E-state index >= 15 is 0 Å². The van der Waals surface area contributed by atoms with Crippen LogP contribution in [0.4, 0.5) is 10.1 Å². The Morgan fingerprint density at radius 2 is 1.74 bits per heavy atom. The third kappa shape index (κ3) is 5.88. The minimum Gasteiger partial charge on any atom is -0.368 e. The van der Waals surface area contributed by atoms with Gasteiger partial charge in [-0.1, -0.05) is 41.0 Å². The first kappa shape index (κ1) is 27.4. The Labute approximate surface area is 232 Å². The van der Waals surface area contributed by atoms with Gasteiger partial charge in [-0.05, 0) is 56.2 Å². The third-order valence-electron chi connectivity index (χ3n) is 7.32. The highest BCUT2D eigenvalue weighted by molar-refractivity contribution is 7.89. The molecule has 1 amide bonds. The predicted molar refractivity (Wildman–Crippen MR) is 148 cm³/mol. The van der Waals surface area contributed by atoms with Gasteiger partial charge in [0.15, 0.2) is 10.7 Å². The lowest BCUT2D eigenvalue weighted by Gasteiger charge is -2.39. The molecule has 2 aliphatic heterocycles. The van der Waals surface area contributed by atoms with Crippen molar-refractivity contribution in [1.82, 2.24) is 14.4 Å². The summed E-state index contributed by atoms with van der Waals surface area (Å²) < 4.78 is 47.8. The average molecular weight is 573 g/mol. The second kappa shape index (κ2) is 11.5. The number of aryl methyl sites for hydroxylation is 1. The first-order valence-electron chi connectivity index (χ1n) is 12.9. The Balaban J connectivity index is 1.20. The molecule has 2 fully saturated rings. The number of carbonyl (C=O) groups excluding carboxylic acids is 1. The molecular formula is C28H30ClFN4O4S. The molecule has 5 rings (SSSR count). The first-order chi connectivity index (χ1) is 18.7. The lowest BCUT2D eigenvalue weighted by molar-refractivity contribution is -0.137. The van der Waals surface area contributed by atoms with Crippen molar-refractivity contribution in [3.05, 3.63) is 76.4 Å². The molecule has 0 saturated carbocycles. The van der Waals surface area contributed by atoms with E-state index < -0.39 is 15.8 Å². The van der Waals surface area contributed by atoms with Gasteiger partial charge in [-0.25, -0.2) is 12.8 Å². The summed E-state index contributed by atoms with van der Waals surface area (Å²) in [6.45, 7) is 4.67. The molecule has 0 spiro atoms. The number of anilines is 1. The summed E-state index contributed by atoms with van der Waals surface area (Å²) in [5.74, 6) is -0.524. The van der Waals surface area contributed by atoms with E-state index in [2.05, 4.69) is 10.1 Å². The summed E-state index contributed by atoms with van der Waals surface area (Å²) in [6.07, 6.45) is 3.77. The molecule has 0 bridgehead atoms. The summed E-state index contributed by atoms with van der Waals surface area (Å²) in [5, 5.41) is 4.53. The number of nitrogens with zero attached hydrogens (tertiary/aromatic N) is 4. The second-order valence-corrected chi connectivity index (χ2v) is 12.1. The highest BCUT2D eigenvalue weighted by Crippen LogP contribution is 2.30. The van der Waals surface area contributed by atoms with Crippen LogP contribution in [-0.4, -0.2) is 68.0 Å². The van der Waals surface area contributed by atoms with Crippen molar-refractivity contribution in [1.29, 1.82) is 0 Å². The highest BCUT2D eigenvalue weighted by Gasteiger charge is 2.37. The van der Waals surface area contributed by atoms with Crippen LogP contribution in [0.25, 0.3) is 12.2 Å². The van der Waals surface area contributed by atoms with Gasteiger partial charge in [-0.2, -0.15) is 4.31 Å². The van der Waals surface area contributed by atoms with Crippen molar-refractivity contribution in [3.8, 4) is 0 Å². The molecule has 2 aromatic carbocycles. The molecular weight excluding hydrogens is 543 g/mol. The molecule has 3 aromatic rings. The van der Waals surface area contributed by atoms with Crippen LogP contribution in [0, 0.1) is 18.7 Å². The zero-order valence-electron chi connectivity index (χ0n) is 21.6. The van der Waals surface area contributed by atoms with Crippen molar-refractivity contribution in [2.24, 2.45) is 5.92 Å². The fraction of sp³-hybridized carbons (Fsp3) is 0.357. The monoisotopic (exact) mass is 572 g/mol. The largest absolute Gasteiger partial charge is 0.368 e. The van der Waals surface area contributed by atoms with Crippen LogP contribution in [0.5, 0.6) is 0 Å². The van der Waals surface area contributed by atoms with E-state index in [0.29, 0.717) is 36.5 Å². The summed E-state index contributed by atoms with van der Waals surface area (Å²) >= 11 is 6.12. The molecule has 2 saturated heterocycles. The Kier molecular flexibility index (Phi) is 8.06. The van der Waals surface area contributed by atoms with Crippen LogP contribution in [-0.2, 0) is 14.8 Å². The van der Waals surface area contributed by atoms with E-state index in [1.807, 2.05) is 29.2 Å². The number of hydrogen-bond acceptors (Lipinski definition) is 6. The summed E-state index contributed by atoms with van der Waals surface area (Å²) in [4.78, 5) is 17.3. The molecule has 3 heterocycles. The summed E-state index contributed by atoms with van der Waals surface area (Å²) in [7, 11) is -3.92. The van der Waals surface area contributed by atoms with Crippen molar-refractivity contribution in [3.63, 3.8) is 0 Å². The van der Waals surface area contributed by atoms with Gasteiger partial charge >= 0.3 is 0 Å². The molecule has 0 aliphatic carbocycles. The maximum Gasteiger partial charge on any atom is 0.248 e. The Bertz CT molecular complexity index is 1480. The van der Waals surface area contributed by atoms with E-state index in [-0.39, 0.29) is 41.3 Å². The summed E-state index contributed by atoms with van der Waals surface area (Å²) in [5.41, 5.74) is 1.59. The number of piperazine rings is 1. The van der Waals surface area contributed by atoms with Crippen molar-refractivity contribution in [2.75, 3.05) is 44.2 Å². The Hall–Kier alpha value is -3.21. The number of carbonyl (C=O) groups is 1. The quantitative estimate of drug-likeness (QED) is 0.426. The molecule has 8 nitrogen and oxygen atoms in total. The number of piperidine rings is 1. The number of hydrogen-bond donors (Lipinski definition) is 0. The zero-order chi connectivity index (χ0) is 27.6. The third-order valence-corrected chi connectivity index (χ3v) is 9.61. The first-order valence-corrected chi connectivity index (χ1v) is 14.7. The SMILES string of the molecule is Cc1noc(/C=C/c2ccccc2F)c1S(=O)(=O)N1CCC(C(=O)N2CCN(c3cccc(Cl)c3)CC2)CC1. The molecule has 206 valence electrons. The average Bonchev–Trinajstić information content (AvgIpc) is 3.33. The smallest absolute Gasteiger partial charge is 0.248 e. The molecule has 1 aromatic heterocycles. The fourth-order valence-corrected chi connectivity index (χ4v) is 7.07. The number of benzene rings is 2. The van der Waals surface area contributed by atoms with Gasteiger partial charge in [0.1, 0.15) is 11.5 Å². The molecule has 2 aliphatic rings. The second-order valence-electron chi connectivity index (χ2n) is 9.79. The van der Waals surface area contributed by atoms with Gasteiger partial charge in [0.25, 0.3) is 0 Å². The van der Waals surface area contributed by atoms with Gasteiger partial charge in [-0.3, -0.25) is 4.79 Å².